The van der Waals surface area contributed by atoms with Crippen LogP contribution >= 0.6 is 15.9 Å². The number of pyridine rings is 1. The number of hydrogen-bond donors (Lipinski definition) is 1. The van der Waals surface area contributed by atoms with Crippen molar-refractivity contribution in [2.45, 2.75) is 13.5 Å². The molecule has 2 heterocycles. The Morgan fingerprint density at radius 1 is 1.35 bits per heavy atom. The Hall–Kier alpha value is -1.39. The van der Waals surface area contributed by atoms with Gasteiger partial charge in [-0.25, -0.2) is 4.98 Å². The van der Waals surface area contributed by atoms with E-state index in [2.05, 4.69) is 50.4 Å². The number of imidazole rings is 1. The third kappa shape index (κ3) is 1.56. The molecule has 0 saturated heterocycles. The van der Waals surface area contributed by atoms with Crippen molar-refractivity contribution in [3.8, 4) is 0 Å². The van der Waals surface area contributed by atoms with Crippen LogP contribution in [0.2, 0.25) is 0 Å². The van der Waals surface area contributed by atoms with Crippen LogP contribution in [0.4, 0.5) is 0 Å². The van der Waals surface area contributed by atoms with Gasteiger partial charge in [0, 0.05) is 16.4 Å². The average Bonchev–Trinajstić information content (AvgIpc) is 2.72. The van der Waals surface area contributed by atoms with Gasteiger partial charge in [-0.3, -0.25) is 4.40 Å². The lowest BCUT2D eigenvalue weighted by Crippen LogP contribution is -2.02. The number of aromatic nitrogens is 2. The van der Waals surface area contributed by atoms with Crippen molar-refractivity contribution in [1.82, 2.24) is 9.38 Å². The van der Waals surface area contributed by atoms with Gasteiger partial charge in [0.1, 0.15) is 5.65 Å². The largest absolute Gasteiger partial charge is 0.325 e. The molecule has 0 bridgehead atoms. The first-order chi connectivity index (χ1) is 8.20. The SMILES string of the molecule is Cc1cc2ncc(CN)n2c2ccc(Br)cc12. The fraction of sp³-hybridized carbons (Fsp3) is 0.154. The minimum absolute atomic E-state index is 0.495. The molecule has 4 heteroatoms. The molecule has 0 radical (unpaired) electrons. The van der Waals surface area contributed by atoms with Crippen LogP contribution in [-0.2, 0) is 6.54 Å². The number of fused-ring (bicyclic) bond motifs is 3. The first-order valence-corrected chi connectivity index (χ1v) is 6.25. The van der Waals surface area contributed by atoms with Gasteiger partial charge in [0.15, 0.2) is 0 Å². The Bertz CT molecular complexity index is 715. The van der Waals surface area contributed by atoms with Crippen LogP contribution < -0.4 is 5.73 Å². The third-order valence-corrected chi connectivity index (χ3v) is 3.53. The molecule has 3 nitrogen and oxygen atoms in total. The van der Waals surface area contributed by atoms with E-state index in [1.54, 1.807) is 0 Å². The molecular formula is C13H12BrN3. The van der Waals surface area contributed by atoms with Gasteiger partial charge in [-0.15, -0.1) is 0 Å². The van der Waals surface area contributed by atoms with E-state index in [-0.39, 0.29) is 0 Å². The van der Waals surface area contributed by atoms with Crippen LogP contribution in [0.3, 0.4) is 0 Å². The summed E-state index contributed by atoms with van der Waals surface area (Å²) in [5, 5.41) is 1.22. The molecule has 2 N–H and O–H groups in total. The zero-order valence-corrected chi connectivity index (χ0v) is 11.0. The maximum absolute atomic E-state index is 5.75. The van der Waals surface area contributed by atoms with Gasteiger partial charge in [-0.05, 0) is 36.8 Å². The molecule has 3 rings (SSSR count). The topological polar surface area (TPSA) is 43.3 Å². The highest BCUT2D eigenvalue weighted by molar-refractivity contribution is 9.10. The minimum atomic E-state index is 0.495. The molecule has 0 aliphatic heterocycles. The summed E-state index contributed by atoms with van der Waals surface area (Å²) in [6.45, 7) is 2.60. The van der Waals surface area contributed by atoms with Crippen LogP contribution in [0.1, 0.15) is 11.3 Å². The summed E-state index contributed by atoms with van der Waals surface area (Å²) < 4.78 is 3.20. The van der Waals surface area contributed by atoms with Gasteiger partial charge in [0.2, 0.25) is 0 Å². The molecule has 0 aliphatic rings. The fourth-order valence-corrected chi connectivity index (χ4v) is 2.58. The van der Waals surface area contributed by atoms with Gasteiger partial charge < -0.3 is 5.73 Å². The van der Waals surface area contributed by atoms with Crippen LogP contribution in [0, 0.1) is 6.92 Å². The van der Waals surface area contributed by atoms with Crippen molar-refractivity contribution in [2.24, 2.45) is 5.73 Å². The summed E-state index contributed by atoms with van der Waals surface area (Å²) >= 11 is 3.51. The van der Waals surface area contributed by atoms with Crippen molar-refractivity contribution < 1.29 is 0 Å². The van der Waals surface area contributed by atoms with E-state index in [0.717, 1.165) is 21.3 Å². The molecule has 0 unspecified atom stereocenters. The van der Waals surface area contributed by atoms with Crippen molar-refractivity contribution in [3.63, 3.8) is 0 Å². The number of hydrogen-bond acceptors (Lipinski definition) is 2. The van der Waals surface area contributed by atoms with Gasteiger partial charge in [-0.1, -0.05) is 15.9 Å². The molecule has 0 amide bonds. The van der Waals surface area contributed by atoms with Gasteiger partial charge in [-0.2, -0.15) is 0 Å². The zero-order chi connectivity index (χ0) is 12.0. The molecule has 1 aromatic carbocycles. The van der Waals surface area contributed by atoms with Crippen molar-refractivity contribution in [1.29, 1.82) is 0 Å². The Labute approximate surface area is 107 Å². The van der Waals surface area contributed by atoms with Gasteiger partial charge in [0.25, 0.3) is 0 Å². The Morgan fingerprint density at radius 2 is 2.18 bits per heavy atom. The number of halogens is 1. The fourth-order valence-electron chi connectivity index (χ4n) is 2.22. The first kappa shape index (κ1) is 10.7. The van der Waals surface area contributed by atoms with E-state index in [4.69, 9.17) is 5.73 Å². The standard InChI is InChI=1S/C13H12BrN3/c1-8-4-13-16-7-10(6-15)17(13)12-3-2-9(14)5-11(8)12/h2-5,7H,6,15H2,1H3. The van der Waals surface area contributed by atoms with Crippen LogP contribution in [0.25, 0.3) is 16.6 Å². The van der Waals surface area contributed by atoms with Gasteiger partial charge >= 0.3 is 0 Å². The second-order valence-electron chi connectivity index (χ2n) is 4.14. The van der Waals surface area contributed by atoms with Crippen LogP contribution in [-0.4, -0.2) is 9.38 Å². The number of nitrogens with two attached hydrogens (primary N) is 1. The first-order valence-electron chi connectivity index (χ1n) is 5.46. The lowest BCUT2D eigenvalue weighted by molar-refractivity contribution is 0.978. The third-order valence-electron chi connectivity index (χ3n) is 3.04. The second-order valence-corrected chi connectivity index (χ2v) is 5.05. The van der Waals surface area contributed by atoms with E-state index in [9.17, 15) is 0 Å². The van der Waals surface area contributed by atoms with E-state index < -0.39 is 0 Å². The summed E-state index contributed by atoms with van der Waals surface area (Å²) in [5.74, 6) is 0. The molecule has 3 aromatic rings. The molecule has 0 atom stereocenters. The summed E-state index contributed by atoms with van der Waals surface area (Å²) in [6, 6.07) is 8.36. The lowest BCUT2D eigenvalue weighted by atomic mass is 10.1. The summed E-state index contributed by atoms with van der Waals surface area (Å²) in [6.07, 6.45) is 1.84. The molecule has 0 fully saturated rings. The molecular weight excluding hydrogens is 278 g/mol. The highest BCUT2D eigenvalue weighted by Crippen LogP contribution is 2.25. The average molecular weight is 290 g/mol. The van der Waals surface area contributed by atoms with Crippen LogP contribution in [0.15, 0.2) is 34.9 Å². The summed E-state index contributed by atoms with van der Waals surface area (Å²) in [7, 11) is 0. The van der Waals surface area contributed by atoms with E-state index in [0.29, 0.717) is 6.54 Å². The highest BCUT2D eigenvalue weighted by atomic mass is 79.9. The molecule has 2 aromatic heterocycles. The Balaban J connectivity index is 2.56. The van der Waals surface area contributed by atoms with Crippen LogP contribution in [0.5, 0.6) is 0 Å². The highest BCUT2D eigenvalue weighted by Gasteiger charge is 2.08. The van der Waals surface area contributed by atoms with Gasteiger partial charge in [0.05, 0.1) is 17.4 Å². The van der Waals surface area contributed by atoms with E-state index in [1.807, 2.05) is 12.3 Å². The summed E-state index contributed by atoms with van der Waals surface area (Å²) in [5.41, 5.74) is 10.1. The van der Waals surface area contributed by atoms with Crippen molar-refractivity contribution >= 4 is 32.5 Å². The molecule has 0 aliphatic carbocycles. The predicted molar refractivity (Wildman–Crippen MR) is 73.0 cm³/mol. The normalized spacial score (nSPS) is 11.5. The molecule has 17 heavy (non-hydrogen) atoms. The number of aryl methyl sites for hydroxylation is 1. The smallest absolute Gasteiger partial charge is 0.137 e. The molecule has 86 valence electrons. The van der Waals surface area contributed by atoms with Crippen molar-refractivity contribution in [3.05, 3.63) is 46.2 Å². The Kier molecular flexibility index (Phi) is 2.42. The lowest BCUT2D eigenvalue weighted by Gasteiger charge is -2.08. The Morgan fingerprint density at radius 3 is 2.94 bits per heavy atom. The number of rotatable bonds is 1. The zero-order valence-electron chi connectivity index (χ0n) is 9.44. The monoisotopic (exact) mass is 289 g/mol. The summed E-state index contributed by atoms with van der Waals surface area (Å²) in [4.78, 5) is 4.39. The number of benzene rings is 1. The molecule has 0 spiro atoms. The quantitative estimate of drug-likeness (QED) is 0.748. The maximum Gasteiger partial charge on any atom is 0.137 e. The van der Waals surface area contributed by atoms with E-state index >= 15 is 0 Å². The number of nitrogens with zero attached hydrogens (tertiary/aromatic N) is 2. The minimum Gasteiger partial charge on any atom is -0.325 e. The second kappa shape index (κ2) is 3.82. The predicted octanol–water partition coefficient (Wildman–Crippen LogP) is 3.02. The maximum atomic E-state index is 5.75. The molecule has 0 saturated carbocycles. The van der Waals surface area contributed by atoms with E-state index in [1.165, 1.54) is 10.9 Å². The van der Waals surface area contributed by atoms with Crippen molar-refractivity contribution in [2.75, 3.05) is 0 Å².